The first-order valence-corrected chi connectivity index (χ1v) is 8.35. The van der Waals surface area contributed by atoms with Crippen LogP contribution in [0.1, 0.15) is 44.9 Å². The Balaban J connectivity index is 2.40. The largest absolute Gasteiger partial charge is 0.306 e. The molecule has 0 aliphatic heterocycles. The van der Waals surface area contributed by atoms with Crippen LogP contribution in [0, 0.1) is 9.49 Å². The lowest BCUT2D eigenvalue weighted by molar-refractivity contribution is 0.647. The Hall–Kier alpha value is -1.17. The summed E-state index contributed by atoms with van der Waals surface area (Å²) in [6.45, 7) is 8.53. The Bertz CT molecular complexity index is 672. The minimum Gasteiger partial charge on any atom is -0.306 e. The normalized spacial score (nSPS) is 11.4. The number of rotatable bonds is 4. The molecule has 3 nitrogen and oxygen atoms in total. The molecule has 112 valence electrons. The Kier molecular flexibility index (Phi) is 5.19. The van der Waals surface area contributed by atoms with Crippen LogP contribution < -0.4 is 5.56 Å². The smallest absolute Gasteiger partial charge is 0.264 e. The fourth-order valence-corrected chi connectivity index (χ4v) is 3.14. The van der Waals surface area contributed by atoms with Crippen molar-refractivity contribution in [1.82, 2.24) is 9.97 Å². The van der Waals surface area contributed by atoms with E-state index < -0.39 is 0 Å². The van der Waals surface area contributed by atoms with Crippen molar-refractivity contribution >= 4 is 22.6 Å². The number of nitrogens with zero attached hydrogens (tertiary/aromatic N) is 1. The van der Waals surface area contributed by atoms with E-state index in [-0.39, 0.29) is 11.5 Å². The van der Waals surface area contributed by atoms with E-state index in [9.17, 15) is 4.79 Å². The van der Waals surface area contributed by atoms with Crippen molar-refractivity contribution in [3.8, 4) is 11.4 Å². The van der Waals surface area contributed by atoms with Gasteiger partial charge in [0.25, 0.3) is 5.56 Å². The van der Waals surface area contributed by atoms with Crippen LogP contribution in [-0.2, 0) is 6.42 Å². The summed E-state index contributed by atoms with van der Waals surface area (Å²) >= 11 is 2.07. The van der Waals surface area contributed by atoms with Crippen LogP contribution in [0.2, 0.25) is 0 Å². The number of aromatic amines is 1. The number of hydrogen-bond acceptors (Lipinski definition) is 2. The number of halogens is 1. The van der Waals surface area contributed by atoms with Crippen LogP contribution in [-0.4, -0.2) is 9.97 Å². The zero-order chi connectivity index (χ0) is 15.6. The molecule has 2 rings (SSSR count). The lowest BCUT2D eigenvalue weighted by Gasteiger charge is -2.10. The van der Waals surface area contributed by atoms with Crippen LogP contribution in [0.25, 0.3) is 11.4 Å². The average molecular weight is 396 g/mol. The zero-order valence-corrected chi connectivity index (χ0v) is 15.1. The Morgan fingerprint density at radius 1 is 1.14 bits per heavy atom. The molecule has 4 heteroatoms. The van der Waals surface area contributed by atoms with Crippen LogP contribution in [0.3, 0.4) is 0 Å². The molecule has 0 spiro atoms. The van der Waals surface area contributed by atoms with Crippen molar-refractivity contribution in [3.05, 3.63) is 49.4 Å². The third-order valence-corrected chi connectivity index (χ3v) is 4.35. The molecule has 21 heavy (non-hydrogen) atoms. The van der Waals surface area contributed by atoms with Crippen molar-refractivity contribution in [2.24, 2.45) is 5.92 Å². The number of H-pyrrole nitrogens is 1. The number of aromatic nitrogens is 2. The van der Waals surface area contributed by atoms with E-state index in [1.54, 1.807) is 0 Å². The number of nitrogens with one attached hydrogen (secondary N) is 1. The Morgan fingerprint density at radius 2 is 1.76 bits per heavy atom. The highest BCUT2D eigenvalue weighted by Crippen LogP contribution is 2.21. The standard InChI is InChI=1S/C17H21IN2O/c1-10(2)9-12-5-7-13(8-6-12)16-19-15(11(3)4)14(18)17(21)20-16/h5-8,10-11H,9H2,1-4H3,(H,19,20,21). The van der Waals surface area contributed by atoms with Gasteiger partial charge in [0.05, 0.1) is 9.26 Å². The first-order valence-electron chi connectivity index (χ1n) is 7.27. The number of hydrogen-bond donors (Lipinski definition) is 1. The van der Waals surface area contributed by atoms with Gasteiger partial charge < -0.3 is 4.98 Å². The van der Waals surface area contributed by atoms with E-state index in [0.29, 0.717) is 15.3 Å². The van der Waals surface area contributed by atoms with Gasteiger partial charge in [-0.1, -0.05) is 52.0 Å². The van der Waals surface area contributed by atoms with E-state index in [1.165, 1.54) is 5.56 Å². The average Bonchev–Trinajstić information content (AvgIpc) is 2.41. The van der Waals surface area contributed by atoms with Gasteiger partial charge in [0, 0.05) is 5.56 Å². The molecule has 0 aliphatic carbocycles. The quantitative estimate of drug-likeness (QED) is 0.781. The minimum absolute atomic E-state index is 0.0597. The third-order valence-electron chi connectivity index (χ3n) is 3.31. The van der Waals surface area contributed by atoms with E-state index in [4.69, 9.17) is 0 Å². The monoisotopic (exact) mass is 396 g/mol. The predicted octanol–water partition coefficient (Wildman–Crippen LogP) is 4.36. The summed E-state index contributed by atoms with van der Waals surface area (Å²) in [7, 11) is 0. The van der Waals surface area contributed by atoms with Gasteiger partial charge in [-0.3, -0.25) is 4.79 Å². The first kappa shape index (κ1) is 16.2. The maximum Gasteiger partial charge on any atom is 0.264 e. The van der Waals surface area contributed by atoms with E-state index in [0.717, 1.165) is 17.7 Å². The highest BCUT2D eigenvalue weighted by Gasteiger charge is 2.13. The fourth-order valence-electron chi connectivity index (χ4n) is 2.27. The molecule has 0 saturated heterocycles. The van der Waals surface area contributed by atoms with E-state index in [2.05, 4.69) is 72.4 Å². The summed E-state index contributed by atoms with van der Waals surface area (Å²) in [5, 5.41) is 0. The second kappa shape index (κ2) is 6.73. The van der Waals surface area contributed by atoms with Crippen molar-refractivity contribution in [3.63, 3.8) is 0 Å². The Labute approximate surface area is 139 Å². The molecule has 2 aromatic rings. The van der Waals surface area contributed by atoms with Crippen LogP contribution >= 0.6 is 22.6 Å². The first-order chi connectivity index (χ1) is 9.88. The van der Waals surface area contributed by atoms with Crippen molar-refractivity contribution in [1.29, 1.82) is 0 Å². The van der Waals surface area contributed by atoms with Gasteiger partial charge in [-0.05, 0) is 46.4 Å². The fraction of sp³-hybridized carbons (Fsp3) is 0.412. The maximum absolute atomic E-state index is 12.0. The van der Waals surface area contributed by atoms with Gasteiger partial charge in [0.2, 0.25) is 0 Å². The predicted molar refractivity (Wildman–Crippen MR) is 95.6 cm³/mol. The van der Waals surface area contributed by atoms with Crippen molar-refractivity contribution in [2.75, 3.05) is 0 Å². The van der Waals surface area contributed by atoms with Crippen molar-refractivity contribution in [2.45, 2.75) is 40.0 Å². The molecule has 0 radical (unpaired) electrons. The molecule has 0 unspecified atom stereocenters. The zero-order valence-electron chi connectivity index (χ0n) is 12.9. The highest BCUT2D eigenvalue weighted by atomic mass is 127. The summed E-state index contributed by atoms with van der Waals surface area (Å²) in [5.41, 5.74) is 3.07. The second-order valence-electron chi connectivity index (χ2n) is 6.06. The molecule has 0 saturated carbocycles. The van der Waals surface area contributed by atoms with Crippen LogP contribution in [0.5, 0.6) is 0 Å². The second-order valence-corrected chi connectivity index (χ2v) is 7.14. The van der Waals surface area contributed by atoms with Crippen LogP contribution in [0.15, 0.2) is 29.1 Å². The van der Waals surface area contributed by atoms with Gasteiger partial charge >= 0.3 is 0 Å². The molecule has 0 fully saturated rings. The molecule has 1 aromatic carbocycles. The van der Waals surface area contributed by atoms with E-state index >= 15 is 0 Å². The number of benzene rings is 1. The summed E-state index contributed by atoms with van der Waals surface area (Å²) in [6, 6.07) is 8.30. The summed E-state index contributed by atoms with van der Waals surface area (Å²) in [6.07, 6.45) is 1.06. The van der Waals surface area contributed by atoms with E-state index in [1.807, 2.05) is 12.1 Å². The molecule has 0 amide bonds. The molecule has 1 aromatic heterocycles. The third kappa shape index (κ3) is 3.93. The summed E-state index contributed by atoms with van der Waals surface area (Å²) in [5.74, 6) is 1.53. The lowest BCUT2D eigenvalue weighted by atomic mass is 10.0. The van der Waals surface area contributed by atoms with Gasteiger partial charge in [-0.2, -0.15) is 0 Å². The molecule has 0 atom stereocenters. The molecule has 1 heterocycles. The van der Waals surface area contributed by atoms with Gasteiger partial charge in [-0.15, -0.1) is 0 Å². The maximum atomic E-state index is 12.0. The molecular formula is C17H21IN2O. The molecular weight excluding hydrogens is 375 g/mol. The molecule has 0 bridgehead atoms. The minimum atomic E-state index is -0.0597. The Morgan fingerprint density at radius 3 is 2.29 bits per heavy atom. The van der Waals surface area contributed by atoms with Gasteiger partial charge in [0.1, 0.15) is 5.82 Å². The molecule has 0 aliphatic rings. The molecule has 1 N–H and O–H groups in total. The SMILES string of the molecule is CC(C)Cc1ccc(-c2nc(C(C)C)c(I)c(=O)[nH]2)cc1. The van der Waals surface area contributed by atoms with Crippen LogP contribution in [0.4, 0.5) is 0 Å². The summed E-state index contributed by atoms with van der Waals surface area (Å²) in [4.78, 5) is 19.6. The van der Waals surface area contributed by atoms with Crippen molar-refractivity contribution < 1.29 is 0 Å². The highest BCUT2D eigenvalue weighted by molar-refractivity contribution is 14.1. The topological polar surface area (TPSA) is 45.8 Å². The van der Waals surface area contributed by atoms with Gasteiger partial charge in [-0.25, -0.2) is 4.98 Å². The lowest BCUT2D eigenvalue weighted by Crippen LogP contribution is -2.17. The van der Waals surface area contributed by atoms with Gasteiger partial charge in [0.15, 0.2) is 0 Å². The summed E-state index contributed by atoms with van der Waals surface area (Å²) < 4.78 is 0.683.